The Hall–Kier alpha value is -2.52. The Bertz CT molecular complexity index is 1050. The maximum absolute atomic E-state index is 6.41. The number of hydrogen-bond acceptors (Lipinski definition) is 7. The minimum Gasteiger partial charge on any atom is -0.476 e. The first kappa shape index (κ1) is 21.7. The fraction of sp³-hybridized carbons (Fsp3) is 0.545. The van der Waals surface area contributed by atoms with Gasteiger partial charge in [-0.05, 0) is 36.9 Å². The number of hydrogen-bond donors (Lipinski definition) is 1. The normalized spacial score (nSPS) is 21.6. The van der Waals surface area contributed by atoms with E-state index in [-0.39, 0.29) is 18.3 Å². The Kier molecular flexibility index (Phi) is 5.98. The standard InChI is InChI=1S/C22H32N6O2Si/c1-6-16-14(2)12-17(30-16)28-19(15-8-7-9-24-13-15)25-18-20(28)26-22(23)27-21(18)29-10-11-31(3,4)5/h7-9,13-14,16-17H,6,10-12H2,1-5H3,(H2,23,26,27). The lowest BCUT2D eigenvalue weighted by atomic mass is 10.0. The fourth-order valence-corrected chi connectivity index (χ4v) is 4.73. The topological polar surface area (TPSA) is 101 Å². The van der Waals surface area contributed by atoms with Crippen LogP contribution in [0.4, 0.5) is 5.95 Å². The summed E-state index contributed by atoms with van der Waals surface area (Å²) in [7, 11) is -1.24. The predicted molar refractivity (Wildman–Crippen MR) is 125 cm³/mol. The van der Waals surface area contributed by atoms with Crippen LogP contribution < -0.4 is 10.5 Å². The van der Waals surface area contributed by atoms with E-state index in [4.69, 9.17) is 20.2 Å². The molecule has 2 N–H and O–H groups in total. The fourth-order valence-electron chi connectivity index (χ4n) is 4.02. The van der Waals surface area contributed by atoms with Crippen LogP contribution in [0.3, 0.4) is 0 Å². The van der Waals surface area contributed by atoms with Crippen molar-refractivity contribution in [2.24, 2.45) is 5.92 Å². The van der Waals surface area contributed by atoms with Crippen LogP contribution in [-0.2, 0) is 4.74 Å². The van der Waals surface area contributed by atoms with Crippen LogP contribution in [0.25, 0.3) is 22.6 Å². The lowest BCUT2D eigenvalue weighted by molar-refractivity contribution is -0.00213. The highest BCUT2D eigenvalue weighted by Gasteiger charge is 2.35. The quantitative estimate of drug-likeness (QED) is 0.539. The minimum absolute atomic E-state index is 0.174. The number of imidazole rings is 1. The van der Waals surface area contributed by atoms with E-state index >= 15 is 0 Å². The lowest BCUT2D eigenvalue weighted by Gasteiger charge is -2.17. The molecule has 0 radical (unpaired) electrons. The van der Waals surface area contributed by atoms with Crippen molar-refractivity contribution in [2.45, 2.75) is 64.7 Å². The SMILES string of the molecule is CCC1OC(n2c(-c3cccnc3)nc3c(OCC[Si](C)(C)C)nc(N)nc32)CC1C. The van der Waals surface area contributed by atoms with Crippen molar-refractivity contribution in [1.29, 1.82) is 0 Å². The van der Waals surface area contributed by atoms with E-state index in [9.17, 15) is 0 Å². The van der Waals surface area contributed by atoms with Gasteiger partial charge in [0.25, 0.3) is 0 Å². The molecule has 0 amide bonds. The predicted octanol–water partition coefficient (Wildman–Crippen LogP) is 4.52. The van der Waals surface area contributed by atoms with Gasteiger partial charge < -0.3 is 15.2 Å². The van der Waals surface area contributed by atoms with E-state index in [1.165, 1.54) is 0 Å². The second-order valence-corrected chi connectivity index (χ2v) is 15.1. The van der Waals surface area contributed by atoms with Gasteiger partial charge in [-0.1, -0.05) is 33.5 Å². The Balaban J connectivity index is 1.82. The molecule has 1 saturated heterocycles. The number of nitrogens with two attached hydrogens (primary N) is 1. The summed E-state index contributed by atoms with van der Waals surface area (Å²) >= 11 is 0. The summed E-state index contributed by atoms with van der Waals surface area (Å²) in [6, 6.07) is 4.91. The largest absolute Gasteiger partial charge is 0.476 e. The summed E-state index contributed by atoms with van der Waals surface area (Å²) in [5.41, 5.74) is 8.24. The zero-order valence-electron chi connectivity index (χ0n) is 19.0. The van der Waals surface area contributed by atoms with Crippen LogP contribution >= 0.6 is 0 Å². The van der Waals surface area contributed by atoms with Crippen molar-refractivity contribution < 1.29 is 9.47 Å². The van der Waals surface area contributed by atoms with Gasteiger partial charge in [-0.25, -0.2) is 4.98 Å². The Morgan fingerprint density at radius 2 is 2.06 bits per heavy atom. The third-order valence-corrected chi connectivity index (χ3v) is 7.47. The number of fused-ring (bicyclic) bond motifs is 1. The first-order valence-corrected chi connectivity index (χ1v) is 14.7. The number of pyridine rings is 1. The van der Waals surface area contributed by atoms with E-state index in [0.29, 0.717) is 29.6 Å². The zero-order chi connectivity index (χ0) is 22.2. The summed E-state index contributed by atoms with van der Waals surface area (Å²) in [4.78, 5) is 18.1. The minimum atomic E-state index is -1.24. The third kappa shape index (κ3) is 4.57. The van der Waals surface area contributed by atoms with Gasteiger partial charge in [-0.2, -0.15) is 9.97 Å². The molecule has 1 aliphatic rings. The van der Waals surface area contributed by atoms with Crippen molar-refractivity contribution in [3.05, 3.63) is 24.5 Å². The summed E-state index contributed by atoms with van der Waals surface area (Å²) in [6.45, 7) is 11.9. The highest BCUT2D eigenvalue weighted by Crippen LogP contribution is 2.40. The number of rotatable bonds is 7. The molecule has 0 aliphatic carbocycles. The number of nitrogen functional groups attached to an aromatic ring is 1. The third-order valence-electron chi connectivity index (χ3n) is 5.77. The molecule has 166 valence electrons. The van der Waals surface area contributed by atoms with Crippen LogP contribution in [0, 0.1) is 5.92 Å². The zero-order valence-corrected chi connectivity index (χ0v) is 20.0. The molecule has 9 heteroatoms. The number of aromatic nitrogens is 5. The van der Waals surface area contributed by atoms with Gasteiger partial charge in [0.15, 0.2) is 11.2 Å². The van der Waals surface area contributed by atoms with Gasteiger partial charge in [-0.15, -0.1) is 0 Å². The summed E-state index contributed by atoms with van der Waals surface area (Å²) in [6.07, 6.45) is 5.43. The van der Waals surface area contributed by atoms with E-state index in [1.807, 2.05) is 16.7 Å². The maximum Gasteiger partial charge on any atom is 0.247 e. The summed E-state index contributed by atoms with van der Waals surface area (Å²) in [5, 5.41) is 0. The molecule has 0 bridgehead atoms. The Morgan fingerprint density at radius 1 is 1.26 bits per heavy atom. The van der Waals surface area contributed by atoms with Crippen LogP contribution in [-0.4, -0.2) is 45.3 Å². The van der Waals surface area contributed by atoms with Crippen LogP contribution in [0.15, 0.2) is 24.5 Å². The average Bonchev–Trinajstić information content (AvgIpc) is 3.27. The van der Waals surface area contributed by atoms with Crippen molar-refractivity contribution in [3.63, 3.8) is 0 Å². The molecular weight excluding hydrogens is 408 g/mol. The van der Waals surface area contributed by atoms with Crippen molar-refractivity contribution in [3.8, 4) is 17.3 Å². The molecule has 0 aromatic carbocycles. The van der Waals surface area contributed by atoms with Gasteiger partial charge in [0.2, 0.25) is 11.8 Å². The molecule has 0 spiro atoms. The van der Waals surface area contributed by atoms with Gasteiger partial charge in [0.1, 0.15) is 12.1 Å². The Morgan fingerprint density at radius 3 is 2.71 bits per heavy atom. The summed E-state index contributed by atoms with van der Waals surface area (Å²) < 4.78 is 14.5. The lowest BCUT2D eigenvalue weighted by Crippen LogP contribution is -2.22. The van der Waals surface area contributed by atoms with Gasteiger partial charge in [0, 0.05) is 26.0 Å². The molecule has 31 heavy (non-hydrogen) atoms. The second kappa shape index (κ2) is 8.55. The van der Waals surface area contributed by atoms with E-state index in [2.05, 4.69) is 48.4 Å². The van der Waals surface area contributed by atoms with Crippen LogP contribution in [0.5, 0.6) is 5.88 Å². The van der Waals surface area contributed by atoms with Gasteiger partial charge in [0.05, 0.1) is 12.7 Å². The molecule has 4 heterocycles. The second-order valence-electron chi connectivity index (χ2n) is 9.52. The smallest absolute Gasteiger partial charge is 0.247 e. The van der Waals surface area contributed by atoms with Gasteiger partial charge in [-0.3, -0.25) is 9.55 Å². The maximum atomic E-state index is 6.41. The average molecular weight is 441 g/mol. The van der Waals surface area contributed by atoms with Gasteiger partial charge >= 0.3 is 0 Å². The first-order chi connectivity index (χ1) is 14.8. The molecule has 1 fully saturated rings. The highest BCUT2D eigenvalue weighted by atomic mass is 28.3. The van der Waals surface area contributed by atoms with E-state index in [0.717, 1.165) is 30.3 Å². The summed E-state index contributed by atoms with van der Waals surface area (Å²) in [5.74, 6) is 1.79. The van der Waals surface area contributed by atoms with Crippen LogP contribution in [0.1, 0.15) is 32.9 Å². The van der Waals surface area contributed by atoms with Crippen molar-refractivity contribution in [1.82, 2.24) is 24.5 Å². The van der Waals surface area contributed by atoms with E-state index in [1.54, 1.807) is 12.4 Å². The Labute approximate surface area is 184 Å². The molecule has 3 aromatic rings. The van der Waals surface area contributed by atoms with Crippen molar-refractivity contribution >= 4 is 25.2 Å². The molecular formula is C22H32N6O2Si. The molecule has 4 rings (SSSR count). The molecule has 3 aromatic heterocycles. The molecule has 0 saturated carbocycles. The molecule has 8 nitrogen and oxygen atoms in total. The number of anilines is 1. The number of nitrogens with zero attached hydrogens (tertiary/aromatic N) is 5. The monoisotopic (exact) mass is 440 g/mol. The van der Waals surface area contributed by atoms with Crippen molar-refractivity contribution in [2.75, 3.05) is 12.3 Å². The highest BCUT2D eigenvalue weighted by molar-refractivity contribution is 6.76. The molecule has 3 atom stereocenters. The molecule has 1 aliphatic heterocycles. The first-order valence-electron chi connectivity index (χ1n) is 11.0. The molecule has 3 unspecified atom stereocenters. The van der Waals surface area contributed by atoms with E-state index < -0.39 is 8.07 Å². The number of ether oxygens (including phenoxy) is 2. The van der Waals surface area contributed by atoms with Crippen LogP contribution in [0.2, 0.25) is 25.7 Å².